The van der Waals surface area contributed by atoms with Gasteiger partial charge in [0.15, 0.2) is 11.5 Å². The third-order valence-electron chi connectivity index (χ3n) is 6.21. The smallest absolute Gasteiger partial charge is 0.161 e. The number of likely N-dealkylation sites (N-methyl/N-ethyl adjacent to an activating group) is 1. The fraction of sp³-hybridized carbons (Fsp3) is 0.647. The van der Waals surface area contributed by atoms with Crippen molar-refractivity contribution >= 4 is 0 Å². The van der Waals surface area contributed by atoms with Crippen molar-refractivity contribution in [1.82, 2.24) is 4.90 Å². The van der Waals surface area contributed by atoms with E-state index in [4.69, 9.17) is 0 Å². The fourth-order valence-electron chi connectivity index (χ4n) is 5.29. The number of hydrogen-bond donors (Lipinski definition) is 2. The van der Waals surface area contributed by atoms with Gasteiger partial charge in [-0.15, -0.1) is 0 Å². The zero-order valence-electron chi connectivity index (χ0n) is 12.1. The maximum absolute atomic E-state index is 10.5. The van der Waals surface area contributed by atoms with Gasteiger partial charge in [-0.3, -0.25) is 0 Å². The molecule has 2 N–H and O–H groups in total. The quantitative estimate of drug-likeness (QED) is 0.714. The molecule has 0 radical (unpaired) electrons. The van der Waals surface area contributed by atoms with E-state index < -0.39 is 0 Å². The number of phenolic OH excluding ortho intramolecular Hbond substituents is 2. The number of benzene rings is 1. The first-order valence-corrected chi connectivity index (χ1v) is 7.88. The average Bonchev–Trinajstić information content (AvgIpc) is 2.46. The number of phenols is 2. The molecule has 3 atom stereocenters. The van der Waals surface area contributed by atoms with Crippen LogP contribution in [0.15, 0.2) is 12.1 Å². The topological polar surface area (TPSA) is 43.7 Å². The molecular formula is C17H23NO2. The Bertz CT molecular complexity index is 556. The molecule has 1 aliphatic heterocycles. The molecule has 0 unspecified atom stereocenters. The SMILES string of the molecule is CN1CC[C@]23CCCC[C@H]2[C@@H]1Cc1ccc(O)c(O)c13. The molecule has 0 amide bonds. The van der Waals surface area contributed by atoms with E-state index in [1.165, 1.54) is 31.2 Å². The minimum absolute atomic E-state index is 0.0554. The molecule has 1 saturated heterocycles. The number of hydrogen-bond acceptors (Lipinski definition) is 3. The Kier molecular flexibility index (Phi) is 2.59. The third-order valence-corrected chi connectivity index (χ3v) is 6.21. The van der Waals surface area contributed by atoms with Crippen LogP contribution in [0.1, 0.15) is 43.2 Å². The third kappa shape index (κ3) is 1.44. The lowest BCUT2D eigenvalue weighted by molar-refractivity contribution is 0.00132. The molecule has 2 bridgehead atoms. The van der Waals surface area contributed by atoms with E-state index in [0.29, 0.717) is 12.0 Å². The van der Waals surface area contributed by atoms with Crippen molar-refractivity contribution in [2.24, 2.45) is 5.92 Å². The summed E-state index contributed by atoms with van der Waals surface area (Å²) in [6.45, 7) is 1.11. The van der Waals surface area contributed by atoms with Gasteiger partial charge in [-0.1, -0.05) is 18.9 Å². The predicted octanol–water partition coefficient (Wildman–Crippen LogP) is 2.79. The van der Waals surface area contributed by atoms with Crippen LogP contribution in [0.2, 0.25) is 0 Å². The zero-order valence-corrected chi connectivity index (χ0v) is 12.1. The van der Waals surface area contributed by atoms with Gasteiger partial charge in [0.25, 0.3) is 0 Å². The summed E-state index contributed by atoms with van der Waals surface area (Å²) in [4.78, 5) is 2.51. The van der Waals surface area contributed by atoms with Gasteiger partial charge in [-0.05, 0) is 56.8 Å². The highest BCUT2D eigenvalue weighted by Crippen LogP contribution is 2.58. The van der Waals surface area contributed by atoms with Crippen LogP contribution in [0.3, 0.4) is 0 Å². The number of aromatic hydroxyl groups is 2. The number of fused-ring (bicyclic) bond motifs is 1. The molecule has 108 valence electrons. The van der Waals surface area contributed by atoms with Crippen LogP contribution < -0.4 is 0 Å². The van der Waals surface area contributed by atoms with Gasteiger partial charge in [0, 0.05) is 17.0 Å². The van der Waals surface area contributed by atoms with E-state index in [2.05, 4.69) is 11.9 Å². The van der Waals surface area contributed by atoms with E-state index in [0.717, 1.165) is 24.9 Å². The van der Waals surface area contributed by atoms with Gasteiger partial charge in [-0.2, -0.15) is 0 Å². The second-order valence-electron chi connectivity index (χ2n) is 6.98. The molecule has 1 saturated carbocycles. The summed E-state index contributed by atoms with van der Waals surface area (Å²) in [7, 11) is 2.24. The summed E-state index contributed by atoms with van der Waals surface area (Å²) in [6, 6.07) is 4.30. The fourth-order valence-corrected chi connectivity index (χ4v) is 5.29. The van der Waals surface area contributed by atoms with Crippen LogP contribution in [0.25, 0.3) is 0 Å². The van der Waals surface area contributed by atoms with E-state index in [1.54, 1.807) is 6.07 Å². The van der Waals surface area contributed by atoms with Gasteiger partial charge >= 0.3 is 0 Å². The van der Waals surface area contributed by atoms with Crippen LogP contribution in [0.4, 0.5) is 0 Å². The Labute approximate surface area is 120 Å². The molecule has 0 aromatic heterocycles. The van der Waals surface area contributed by atoms with Gasteiger partial charge < -0.3 is 15.1 Å². The maximum atomic E-state index is 10.5. The van der Waals surface area contributed by atoms with Gasteiger partial charge in [0.05, 0.1) is 0 Å². The molecule has 3 nitrogen and oxygen atoms in total. The molecule has 4 rings (SSSR count). The van der Waals surface area contributed by atoms with Crippen LogP contribution in [0, 0.1) is 5.92 Å². The standard InChI is InChI=1S/C17H23NO2/c1-18-9-8-17-7-3-2-4-12(17)13(18)10-11-5-6-14(19)16(20)15(11)17/h5-6,12-13,19-20H,2-4,7-10H2,1H3/t12-,13-,17+/m0/s1. The van der Waals surface area contributed by atoms with Crippen molar-refractivity contribution in [2.45, 2.75) is 50.0 Å². The molecule has 3 heteroatoms. The Morgan fingerprint density at radius 3 is 2.90 bits per heavy atom. The lowest BCUT2D eigenvalue weighted by Crippen LogP contribution is -2.59. The minimum Gasteiger partial charge on any atom is -0.504 e. The Morgan fingerprint density at radius 2 is 2.05 bits per heavy atom. The van der Waals surface area contributed by atoms with E-state index in [9.17, 15) is 10.2 Å². The van der Waals surface area contributed by atoms with Crippen molar-refractivity contribution in [3.8, 4) is 11.5 Å². The van der Waals surface area contributed by atoms with E-state index >= 15 is 0 Å². The molecular weight excluding hydrogens is 250 g/mol. The molecule has 20 heavy (non-hydrogen) atoms. The first-order valence-electron chi connectivity index (χ1n) is 7.88. The second-order valence-corrected chi connectivity index (χ2v) is 6.98. The van der Waals surface area contributed by atoms with Crippen molar-refractivity contribution in [3.05, 3.63) is 23.3 Å². The highest BCUT2D eigenvalue weighted by molar-refractivity contribution is 5.55. The molecule has 3 aliphatic rings. The van der Waals surface area contributed by atoms with Crippen LogP contribution in [-0.2, 0) is 11.8 Å². The Hall–Kier alpha value is -1.22. The first kappa shape index (κ1) is 12.5. The summed E-state index contributed by atoms with van der Waals surface area (Å²) in [5.74, 6) is 0.868. The lowest BCUT2D eigenvalue weighted by Gasteiger charge is -2.58. The monoisotopic (exact) mass is 273 g/mol. The molecule has 1 heterocycles. The highest BCUT2D eigenvalue weighted by Gasteiger charge is 2.54. The van der Waals surface area contributed by atoms with E-state index in [-0.39, 0.29) is 16.9 Å². The average molecular weight is 273 g/mol. The molecule has 1 aromatic rings. The van der Waals surface area contributed by atoms with Gasteiger partial charge in [0.2, 0.25) is 0 Å². The van der Waals surface area contributed by atoms with Crippen LogP contribution >= 0.6 is 0 Å². The second kappa shape index (κ2) is 4.14. The van der Waals surface area contributed by atoms with E-state index in [1.807, 2.05) is 6.07 Å². The maximum Gasteiger partial charge on any atom is 0.161 e. The number of rotatable bonds is 0. The predicted molar refractivity (Wildman–Crippen MR) is 78.1 cm³/mol. The largest absolute Gasteiger partial charge is 0.504 e. The molecule has 2 aliphatic carbocycles. The molecule has 1 aromatic carbocycles. The molecule has 0 spiro atoms. The molecule has 2 fully saturated rings. The normalized spacial score (nSPS) is 36.2. The van der Waals surface area contributed by atoms with Crippen molar-refractivity contribution < 1.29 is 10.2 Å². The Balaban J connectivity index is 1.95. The van der Waals surface area contributed by atoms with Gasteiger partial charge in [-0.25, -0.2) is 0 Å². The zero-order chi connectivity index (χ0) is 13.9. The Morgan fingerprint density at radius 1 is 1.20 bits per heavy atom. The van der Waals surface area contributed by atoms with Crippen molar-refractivity contribution in [1.29, 1.82) is 0 Å². The van der Waals surface area contributed by atoms with Crippen LogP contribution in [-0.4, -0.2) is 34.7 Å². The van der Waals surface area contributed by atoms with Gasteiger partial charge in [0.1, 0.15) is 0 Å². The minimum atomic E-state index is 0.0554. The van der Waals surface area contributed by atoms with Crippen molar-refractivity contribution in [3.63, 3.8) is 0 Å². The summed E-state index contributed by atoms with van der Waals surface area (Å²) in [5, 5.41) is 20.4. The number of likely N-dealkylation sites (tertiary alicyclic amines) is 1. The highest BCUT2D eigenvalue weighted by atomic mass is 16.3. The number of piperidine rings is 1. The number of nitrogens with zero attached hydrogens (tertiary/aromatic N) is 1. The summed E-state index contributed by atoms with van der Waals surface area (Å²) in [5.41, 5.74) is 2.47. The van der Waals surface area contributed by atoms with Crippen LogP contribution in [0.5, 0.6) is 11.5 Å². The first-order chi connectivity index (χ1) is 9.63. The van der Waals surface area contributed by atoms with Crippen molar-refractivity contribution in [2.75, 3.05) is 13.6 Å². The lowest BCUT2D eigenvalue weighted by atomic mass is 9.52. The summed E-state index contributed by atoms with van der Waals surface area (Å²) in [6.07, 6.45) is 7.14. The summed E-state index contributed by atoms with van der Waals surface area (Å²) < 4.78 is 0. The summed E-state index contributed by atoms with van der Waals surface area (Å²) >= 11 is 0.